The smallest absolute Gasteiger partial charge is 0.255 e. The van der Waals surface area contributed by atoms with Crippen molar-refractivity contribution in [1.82, 2.24) is 10.0 Å². The molecule has 10 heteroatoms. The van der Waals surface area contributed by atoms with Gasteiger partial charge < -0.3 is 10.1 Å². The Balaban J connectivity index is 2.31. The normalized spacial score (nSPS) is 13.1. The van der Waals surface area contributed by atoms with Crippen LogP contribution < -0.4 is 14.8 Å². The second-order valence-corrected chi connectivity index (χ2v) is 10.9. The predicted molar refractivity (Wildman–Crippen MR) is 114 cm³/mol. The van der Waals surface area contributed by atoms with Crippen LogP contribution in [0.25, 0.3) is 0 Å². The summed E-state index contributed by atoms with van der Waals surface area (Å²) in [7, 11) is -5.90. The second-order valence-electron chi connectivity index (χ2n) is 7.17. The molecular weight excluding hydrogens is 428 g/mol. The highest BCUT2D eigenvalue weighted by molar-refractivity contribution is 7.90. The quantitative estimate of drug-likeness (QED) is 0.632. The van der Waals surface area contributed by atoms with Crippen molar-refractivity contribution in [1.29, 1.82) is 0 Å². The Morgan fingerprint density at radius 1 is 0.933 bits per heavy atom. The molecular formula is C20H26N2O6S2. The van der Waals surface area contributed by atoms with Gasteiger partial charge in [0.15, 0.2) is 9.84 Å². The minimum atomic E-state index is -3.96. The van der Waals surface area contributed by atoms with Crippen molar-refractivity contribution in [2.24, 2.45) is 0 Å². The van der Waals surface area contributed by atoms with Crippen LogP contribution in [0.2, 0.25) is 0 Å². The van der Waals surface area contributed by atoms with Crippen LogP contribution >= 0.6 is 0 Å². The SMILES string of the molecule is COc1ccc(S(=O)(=O)N[C@H](C)c2ccc(S(C)(=O)=O)cc2)cc1C(=O)NC(C)C. The van der Waals surface area contributed by atoms with Crippen molar-refractivity contribution >= 4 is 25.8 Å². The largest absolute Gasteiger partial charge is 0.496 e. The molecule has 0 bridgehead atoms. The number of methoxy groups -OCH3 is 1. The average Bonchev–Trinajstić information content (AvgIpc) is 2.66. The lowest BCUT2D eigenvalue weighted by atomic mass is 10.1. The lowest BCUT2D eigenvalue weighted by Gasteiger charge is -2.17. The molecule has 0 aliphatic rings. The first-order valence-corrected chi connectivity index (χ1v) is 12.5. The van der Waals surface area contributed by atoms with Crippen LogP contribution in [0.4, 0.5) is 0 Å². The number of hydrogen-bond acceptors (Lipinski definition) is 6. The lowest BCUT2D eigenvalue weighted by Crippen LogP contribution is -2.31. The number of ether oxygens (including phenoxy) is 1. The van der Waals surface area contributed by atoms with Gasteiger partial charge in [-0.05, 0) is 56.7 Å². The summed E-state index contributed by atoms with van der Waals surface area (Å²) in [6, 6.07) is 9.25. The highest BCUT2D eigenvalue weighted by Crippen LogP contribution is 2.24. The number of benzene rings is 2. The van der Waals surface area contributed by atoms with E-state index in [4.69, 9.17) is 4.74 Å². The Morgan fingerprint density at radius 2 is 1.50 bits per heavy atom. The maximum atomic E-state index is 12.9. The van der Waals surface area contributed by atoms with Gasteiger partial charge in [0.2, 0.25) is 10.0 Å². The third-order valence-corrected chi connectivity index (χ3v) is 6.95. The summed E-state index contributed by atoms with van der Waals surface area (Å²) in [4.78, 5) is 12.5. The molecule has 0 fully saturated rings. The van der Waals surface area contributed by atoms with Gasteiger partial charge in [-0.25, -0.2) is 21.6 Å². The summed E-state index contributed by atoms with van der Waals surface area (Å²) in [5.74, 6) is -0.181. The Labute approximate surface area is 177 Å². The number of carbonyl (C=O) groups excluding carboxylic acids is 1. The molecule has 2 aromatic rings. The van der Waals surface area contributed by atoms with E-state index in [1.807, 2.05) is 0 Å². The molecule has 2 N–H and O–H groups in total. The van der Waals surface area contributed by atoms with Gasteiger partial charge in [0.05, 0.1) is 22.5 Å². The summed E-state index contributed by atoms with van der Waals surface area (Å²) in [5.41, 5.74) is 0.705. The number of amides is 1. The lowest BCUT2D eigenvalue weighted by molar-refractivity contribution is 0.0940. The van der Waals surface area contributed by atoms with Crippen LogP contribution in [0.5, 0.6) is 5.75 Å². The van der Waals surface area contributed by atoms with E-state index in [2.05, 4.69) is 10.0 Å². The first-order chi connectivity index (χ1) is 13.8. The molecule has 164 valence electrons. The van der Waals surface area contributed by atoms with Crippen molar-refractivity contribution in [3.63, 3.8) is 0 Å². The molecule has 0 radical (unpaired) electrons. The van der Waals surface area contributed by atoms with Gasteiger partial charge in [0, 0.05) is 18.3 Å². The van der Waals surface area contributed by atoms with Crippen molar-refractivity contribution in [2.75, 3.05) is 13.4 Å². The first kappa shape index (κ1) is 23.8. The standard InChI is InChI=1S/C20H26N2O6S2/c1-13(2)21-20(23)18-12-17(10-11-19(18)28-4)30(26,27)22-14(3)15-6-8-16(9-7-15)29(5,24)25/h6-14,22H,1-5H3,(H,21,23)/t14-/m1/s1. The molecule has 1 atom stereocenters. The Kier molecular flexibility index (Phi) is 7.27. The van der Waals surface area contributed by atoms with E-state index in [9.17, 15) is 21.6 Å². The zero-order valence-electron chi connectivity index (χ0n) is 17.5. The molecule has 0 heterocycles. The fourth-order valence-corrected chi connectivity index (χ4v) is 4.63. The number of rotatable bonds is 8. The maximum absolute atomic E-state index is 12.9. The summed E-state index contributed by atoms with van der Waals surface area (Å²) < 4.78 is 56.6. The van der Waals surface area contributed by atoms with Crippen molar-refractivity contribution in [3.05, 3.63) is 53.6 Å². The van der Waals surface area contributed by atoms with E-state index in [1.54, 1.807) is 32.9 Å². The van der Waals surface area contributed by atoms with Gasteiger partial charge in [-0.3, -0.25) is 4.79 Å². The van der Waals surface area contributed by atoms with Gasteiger partial charge in [-0.1, -0.05) is 12.1 Å². The minimum Gasteiger partial charge on any atom is -0.496 e. The van der Waals surface area contributed by atoms with Crippen LogP contribution in [0, 0.1) is 0 Å². The van der Waals surface area contributed by atoms with Crippen LogP contribution in [0.1, 0.15) is 42.7 Å². The molecule has 2 aromatic carbocycles. The van der Waals surface area contributed by atoms with Gasteiger partial charge in [0.1, 0.15) is 5.75 Å². The molecule has 0 aliphatic heterocycles. The highest BCUT2D eigenvalue weighted by Gasteiger charge is 2.22. The minimum absolute atomic E-state index is 0.0863. The van der Waals surface area contributed by atoms with Gasteiger partial charge >= 0.3 is 0 Å². The van der Waals surface area contributed by atoms with E-state index in [-0.39, 0.29) is 27.1 Å². The number of sulfone groups is 1. The number of carbonyl (C=O) groups is 1. The van der Waals surface area contributed by atoms with Crippen LogP contribution in [0.3, 0.4) is 0 Å². The van der Waals surface area contributed by atoms with E-state index in [1.165, 1.54) is 37.4 Å². The monoisotopic (exact) mass is 454 g/mol. The van der Waals surface area contributed by atoms with Crippen LogP contribution in [-0.4, -0.2) is 42.2 Å². The van der Waals surface area contributed by atoms with E-state index in [0.29, 0.717) is 5.56 Å². The number of sulfonamides is 1. The molecule has 30 heavy (non-hydrogen) atoms. The maximum Gasteiger partial charge on any atom is 0.255 e. The molecule has 0 aliphatic carbocycles. The summed E-state index contributed by atoms with van der Waals surface area (Å²) in [5, 5.41) is 2.71. The van der Waals surface area contributed by atoms with Gasteiger partial charge in [-0.15, -0.1) is 0 Å². The van der Waals surface area contributed by atoms with Crippen molar-refractivity contribution in [3.8, 4) is 5.75 Å². The van der Waals surface area contributed by atoms with Crippen LogP contribution in [0.15, 0.2) is 52.3 Å². The number of nitrogens with one attached hydrogen (secondary N) is 2. The first-order valence-electron chi connectivity index (χ1n) is 9.16. The Bertz CT molecular complexity index is 1120. The third-order valence-electron chi connectivity index (χ3n) is 4.29. The van der Waals surface area contributed by atoms with E-state index in [0.717, 1.165) is 6.26 Å². The Hall–Kier alpha value is -2.43. The Morgan fingerprint density at radius 3 is 2.00 bits per heavy atom. The fourth-order valence-electron chi connectivity index (χ4n) is 2.74. The third kappa shape index (κ3) is 5.80. The van der Waals surface area contributed by atoms with Crippen LogP contribution in [-0.2, 0) is 19.9 Å². The molecule has 0 aromatic heterocycles. The molecule has 8 nitrogen and oxygen atoms in total. The molecule has 0 saturated carbocycles. The van der Waals surface area contributed by atoms with E-state index < -0.39 is 31.8 Å². The zero-order chi connectivity index (χ0) is 22.7. The van der Waals surface area contributed by atoms with E-state index >= 15 is 0 Å². The molecule has 1 amide bonds. The molecule has 0 unspecified atom stereocenters. The zero-order valence-corrected chi connectivity index (χ0v) is 19.1. The van der Waals surface area contributed by atoms with Gasteiger partial charge in [0.25, 0.3) is 5.91 Å². The highest BCUT2D eigenvalue weighted by atomic mass is 32.2. The number of hydrogen-bond donors (Lipinski definition) is 2. The average molecular weight is 455 g/mol. The van der Waals surface area contributed by atoms with Crippen molar-refractivity contribution in [2.45, 2.75) is 42.6 Å². The summed E-state index contributed by atoms with van der Waals surface area (Å²) in [6.07, 6.45) is 1.10. The summed E-state index contributed by atoms with van der Waals surface area (Å²) in [6.45, 7) is 5.23. The molecule has 2 rings (SSSR count). The summed E-state index contributed by atoms with van der Waals surface area (Å²) >= 11 is 0. The fraction of sp³-hybridized carbons (Fsp3) is 0.350. The molecule has 0 spiro atoms. The molecule has 0 saturated heterocycles. The topological polar surface area (TPSA) is 119 Å². The second kappa shape index (κ2) is 9.15. The predicted octanol–water partition coefficient (Wildman–Crippen LogP) is 2.28. The van der Waals surface area contributed by atoms with Gasteiger partial charge in [-0.2, -0.15) is 0 Å². The van der Waals surface area contributed by atoms with Crippen molar-refractivity contribution < 1.29 is 26.4 Å².